The van der Waals surface area contributed by atoms with E-state index >= 15 is 0 Å². The Hall–Kier alpha value is -1.05. The van der Waals surface area contributed by atoms with Crippen LogP contribution in [0.1, 0.15) is 51.1 Å². The first-order chi connectivity index (χ1) is 7.81. The summed E-state index contributed by atoms with van der Waals surface area (Å²) in [5.74, 6) is 1.75. The summed E-state index contributed by atoms with van der Waals surface area (Å²) in [6.45, 7) is 6.83. The second-order valence-corrected chi connectivity index (χ2v) is 4.78. The van der Waals surface area contributed by atoms with Crippen LogP contribution in [-0.4, -0.2) is 18.1 Å². The predicted molar refractivity (Wildman–Crippen MR) is 69.0 cm³/mol. The van der Waals surface area contributed by atoms with Crippen LogP contribution in [0.4, 0.5) is 5.82 Å². The van der Waals surface area contributed by atoms with Gasteiger partial charge >= 0.3 is 0 Å². The van der Waals surface area contributed by atoms with E-state index < -0.39 is 0 Å². The molecule has 0 aliphatic carbocycles. The van der Waals surface area contributed by atoms with E-state index in [0.29, 0.717) is 5.92 Å². The molecule has 2 nitrogen and oxygen atoms in total. The van der Waals surface area contributed by atoms with Crippen LogP contribution in [0, 0.1) is 0 Å². The van der Waals surface area contributed by atoms with Gasteiger partial charge in [-0.2, -0.15) is 0 Å². The molecule has 0 bridgehead atoms. The van der Waals surface area contributed by atoms with Crippen molar-refractivity contribution in [2.45, 2.75) is 45.4 Å². The molecule has 1 aliphatic heterocycles. The van der Waals surface area contributed by atoms with Gasteiger partial charge in [-0.05, 0) is 43.7 Å². The summed E-state index contributed by atoms with van der Waals surface area (Å²) in [6, 6.07) is 6.46. The molecule has 88 valence electrons. The number of rotatable bonds is 3. The third-order valence-electron chi connectivity index (χ3n) is 3.55. The number of anilines is 1. The van der Waals surface area contributed by atoms with Crippen molar-refractivity contribution < 1.29 is 0 Å². The maximum absolute atomic E-state index is 4.79. The van der Waals surface area contributed by atoms with Crippen LogP contribution >= 0.6 is 0 Å². The van der Waals surface area contributed by atoms with Crippen molar-refractivity contribution in [3.63, 3.8) is 0 Å². The molecule has 2 heteroatoms. The quantitative estimate of drug-likeness (QED) is 0.771. The first-order valence-electron chi connectivity index (χ1n) is 6.53. The van der Waals surface area contributed by atoms with Crippen molar-refractivity contribution in [2.75, 3.05) is 18.0 Å². The predicted octanol–water partition coefficient (Wildman–Crippen LogP) is 3.59. The highest BCUT2D eigenvalue weighted by molar-refractivity contribution is 5.40. The summed E-state index contributed by atoms with van der Waals surface area (Å²) in [5.41, 5.74) is 1.24. The van der Waals surface area contributed by atoms with Gasteiger partial charge < -0.3 is 4.90 Å². The minimum Gasteiger partial charge on any atom is -0.357 e. The zero-order valence-corrected chi connectivity index (χ0v) is 10.4. The lowest BCUT2D eigenvalue weighted by atomic mass is 10.0. The summed E-state index contributed by atoms with van der Waals surface area (Å²) >= 11 is 0. The first-order valence-corrected chi connectivity index (χ1v) is 6.53. The molecule has 16 heavy (non-hydrogen) atoms. The van der Waals surface area contributed by atoms with E-state index in [1.54, 1.807) is 0 Å². The van der Waals surface area contributed by atoms with E-state index in [1.165, 1.54) is 43.9 Å². The lowest BCUT2D eigenvalue weighted by Gasteiger charge is -2.28. The van der Waals surface area contributed by atoms with E-state index in [1.807, 2.05) is 0 Å². The molecule has 0 spiro atoms. The van der Waals surface area contributed by atoms with Crippen LogP contribution in [0.25, 0.3) is 0 Å². The summed E-state index contributed by atoms with van der Waals surface area (Å²) < 4.78 is 0. The van der Waals surface area contributed by atoms with Crippen LogP contribution in [0.5, 0.6) is 0 Å². The Morgan fingerprint density at radius 3 is 2.69 bits per heavy atom. The molecule has 2 rings (SSSR count). The molecule has 1 saturated heterocycles. The summed E-state index contributed by atoms with van der Waals surface area (Å²) in [4.78, 5) is 7.22. The molecule has 0 radical (unpaired) electrons. The Morgan fingerprint density at radius 2 is 2.00 bits per heavy atom. The van der Waals surface area contributed by atoms with Gasteiger partial charge in [0.2, 0.25) is 0 Å². The van der Waals surface area contributed by atoms with Crippen LogP contribution in [0.3, 0.4) is 0 Å². The van der Waals surface area contributed by atoms with E-state index in [2.05, 4.69) is 36.9 Å². The molecule has 0 N–H and O–H groups in total. The molecule has 0 saturated carbocycles. The van der Waals surface area contributed by atoms with Crippen LogP contribution in [-0.2, 0) is 0 Å². The van der Waals surface area contributed by atoms with Crippen LogP contribution in [0.2, 0.25) is 0 Å². The number of hydrogen-bond donors (Lipinski definition) is 0. The largest absolute Gasteiger partial charge is 0.357 e. The monoisotopic (exact) mass is 218 g/mol. The van der Waals surface area contributed by atoms with E-state index in [9.17, 15) is 0 Å². The Kier molecular flexibility index (Phi) is 3.81. The molecular formula is C14H22N2. The molecule has 0 aromatic carbocycles. The number of aromatic nitrogens is 1. The summed E-state index contributed by atoms with van der Waals surface area (Å²) in [5, 5.41) is 0. The molecule has 1 aromatic rings. The normalized spacial score (nSPS) is 18.5. The van der Waals surface area contributed by atoms with E-state index in [-0.39, 0.29) is 0 Å². The van der Waals surface area contributed by atoms with Crippen molar-refractivity contribution in [3.8, 4) is 0 Å². The van der Waals surface area contributed by atoms with Gasteiger partial charge in [-0.15, -0.1) is 0 Å². The van der Waals surface area contributed by atoms with Crippen molar-refractivity contribution >= 4 is 5.82 Å². The summed E-state index contributed by atoms with van der Waals surface area (Å²) in [7, 11) is 0. The maximum atomic E-state index is 4.79. The Balaban J connectivity index is 2.14. The number of hydrogen-bond acceptors (Lipinski definition) is 2. The highest BCUT2D eigenvalue weighted by Crippen LogP contribution is 2.22. The second kappa shape index (κ2) is 5.33. The minimum absolute atomic E-state index is 0.574. The highest BCUT2D eigenvalue weighted by atomic mass is 15.2. The lowest BCUT2D eigenvalue weighted by molar-refractivity contribution is 0.571. The maximum Gasteiger partial charge on any atom is 0.128 e. The third-order valence-corrected chi connectivity index (χ3v) is 3.55. The SMILES string of the molecule is CC[C@@H](C)c1cccc(N2CCCCC2)n1. The molecule has 1 atom stereocenters. The highest BCUT2D eigenvalue weighted by Gasteiger charge is 2.13. The molecular weight excluding hydrogens is 196 g/mol. The standard InChI is InChI=1S/C14H22N2/c1-3-12(2)13-8-7-9-14(15-13)16-10-5-4-6-11-16/h7-9,12H,3-6,10-11H2,1-2H3/t12-/m1/s1. The van der Waals surface area contributed by atoms with Gasteiger partial charge in [-0.3, -0.25) is 0 Å². The van der Waals surface area contributed by atoms with Gasteiger partial charge in [0.25, 0.3) is 0 Å². The molecule has 0 amide bonds. The lowest BCUT2D eigenvalue weighted by Crippen LogP contribution is -2.30. The van der Waals surface area contributed by atoms with Gasteiger partial charge in [0.15, 0.2) is 0 Å². The summed E-state index contributed by atoms with van der Waals surface area (Å²) in [6.07, 6.45) is 5.17. The zero-order valence-electron chi connectivity index (χ0n) is 10.4. The van der Waals surface area contributed by atoms with Crippen LogP contribution in [0.15, 0.2) is 18.2 Å². The van der Waals surface area contributed by atoms with Crippen molar-refractivity contribution in [3.05, 3.63) is 23.9 Å². The second-order valence-electron chi connectivity index (χ2n) is 4.78. The zero-order chi connectivity index (χ0) is 11.4. The number of pyridine rings is 1. The first kappa shape index (κ1) is 11.4. The van der Waals surface area contributed by atoms with Crippen molar-refractivity contribution in [1.82, 2.24) is 4.98 Å². The van der Waals surface area contributed by atoms with Crippen molar-refractivity contribution in [2.24, 2.45) is 0 Å². The molecule has 1 aliphatic rings. The minimum atomic E-state index is 0.574. The van der Waals surface area contributed by atoms with Gasteiger partial charge in [0, 0.05) is 18.8 Å². The topological polar surface area (TPSA) is 16.1 Å². The fourth-order valence-electron chi connectivity index (χ4n) is 2.22. The van der Waals surface area contributed by atoms with Gasteiger partial charge in [-0.25, -0.2) is 4.98 Å². The van der Waals surface area contributed by atoms with Gasteiger partial charge in [0.05, 0.1) is 0 Å². The fraction of sp³-hybridized carbons (Fsp3) is 0.643. The molecule has 1 fully saturated rings. The van der Waals surface area contributed by atoms with E-state index in [0.717, 1.165) is 6.42 Å². The molecule has 2 heterocycles. The fourth-order valence-corrected chi connectivity index (χ4v) is 2.22. The smallest absolute Gasteiger partial charge is 0.128 e. The average molecular weight is 218 g/mol. The third kappa shape index (κ3) is 2.55. The Morgan fingerprint density at radius 1 is 1.25 bits per heavy atom. The van der Waals surface area contributed by atoms with Gasteiger partial charge in [-0.1, -0.05) is 19.9 Å². The number of piperidine rings is 1. The average Bonchev–Trinajstić information content (AvgIpc) is 2.39. The van der Waals surface area contributed by atoms with Crippen LogP contribution < -0.4 is 4.90 Å². The molecule has 0 unspecified atom stereocenters. The molecule has 1 aromatic heterocycles. The van der Waals surface area contributed by atoms with Gasteiger partial charge in [0.1, 0.15) is 5.82 Å². The van der Waals surface area contributed by atoms with E-state index in [4.69, 9.17) is 4.98 Å². The Bertz CT molecular complexity index is 329. The van der Waals surface area contributed by atoms with Crippen molar-refractivity contribution in [1.29, 1.82) is 0 Å². The number of nitrogens with zero attached hydrogens (tertiary/aromatic N) is 2. The Labute approximate surface area is 98.7 Å².